The highest BCUT2D eigenvalue weighted by Gasteiger charge is 2.13. The Labute approximate surface area is 68.1 Å². The molecule has 1 aliphatic heterocycles. The summed E-state index contributed by atoms with van der Waals surface area (Å²) in [5.41, 5.74) is 0.808. The smallest absolute Gasteiger partial charge is 0.0781 e. The molecule has 1 unspecified atom stereocenters. The van der Waals surface area contributed by atoms with Gasteiger partial charge in [-0.15, -0.1) is 0 Å². The van der Waals surface area contributed by atoms with E-state index >= 15 is 0 Å². The van der Waals surface area contributed by atoms with Crippen molar-refractivity contribution in [1.82, 2.24) is 0 Å². The number of epoxide rings is 1. The minimum absolute atomic E-state index is 0.583. The predicted molar refractivity (Wildman–Crippen MR) is 45.2 cm³/mol. The van der Waals surface area contributed by atoms with Crippen LogP contribution in [0.25, 0.3) is 0 Å². The predicted octanol–water partition coefficient (Wildman–Crippen LogP) is 2.04. The summed E-state index contributed by atoms with van der Waals surface area (Å²) in [5.74, 6) is 0. The van der Waals surface area contributed by atoms with Crippen molar-refractivity contribution in [3.05, 3.63) is 0 Å². The fourth-order valence-electron chi connectivity index (χ4n) is 0.508. The van der Waals surface area contributed by atoms with Crippen molar-refractivity contribution in [2.24, 2.45) is 5.16 Å². The number of ether oxygens (including phenoxy) is 1. The summed E-state index contributed by atoms with van der Waals surface area (Å²) in [5, 5.41) is 11.0. The van der Waals surface area contributed by atoms with Gasteiger partial charge in [0, 0.05) is 0 Å². The fraction of sp³-hybridized carbons (Fsp3) is 0.875. The zero-order valence-corrected chi connectivity index (χ0v) is 7.50. The van der Waals surface area contributed by atoms with E-state index in [0.717, 1.165) is 25.2 Å². The third kappa shape index (κ3) is 9.43. The van der Waals surface area contributed by atoms with E-state index in [2.05, 4.69) is 19.0 Å². The first-order valence-corrected chi connectivity index (χ1v) is 3.99. The molecule has 1 fully saturated rings. The van der Waals surface area contributed by atoms with Crippen LogP contribution in [0.1, 0.15) is 33.6 Å². The van der Waals surface area contributed by atoms with Gasteiger partial charge in [-0.05, 0) is 20.3 Å². The molecule has 1 N–H and O–H groups in total. The van der Waals surface area contributed by atoms with Crippen molar-refractivity contribution in [3.63, 3.8) is 0 Å². The molecule has 0 aromatic heterocycles. The summed E-state index contributed by atoms with van der Waals surface area (Å²) >= 11 is 0. The molecule has 1 aliphatic rings. The van der Waals surface area contributed by atoms with Crippen LogP contribution in [0.4, 0.5) is 0 Å². The van der Waals surface area contributed by atoms with E-state index in [1.807, 2.05) is 6.92 Å². The van der Waals surface area contributed by atoms with E-state index in [1.54, 1.807) is 0 Å². The van der Waals surface area contributed by atoms with Gasteiger partial charge in [0.15, 0.2) is 0 Å². The van der Waals surface area contributed by atoms with Gasteiger partial charge in [0.1, 0.15) is 0 Å². The number of nitrogens with zero attached hydrogens (tertiary/aromatic N) is 1. The molecule has 1 rings (SSSR count). The Balaban J connectivity index is 0.000000207. The number of oxime groups is 1. The lowest BCUT2D eigenvalue weighted by molar-refractivity contribution is 0.317. The Bertz CT molecular complexity index is 119. The highest BCUT2D eigenvalue weighted by atomic mass is 16.6. The molecule has 3 heteroatoms. The van der Waals surface area contributed by atoms with Gasteiger partial charge in [-0.3, -0.25) is 0 Å². The van der Waals surface area contributed by atoms with Crippen molar-refractivity contribution < 1.29 is 9.94 Å². The molecule has 0 aromatic rings. The first-order valence-electron chi connectivity index (χ1n) is 3.99. The van der Waals surface area contributed by atoms with Crippen LogP contribution in [0.15, 0.2) is 5.16 Å². The molecule has 0 radical (unpaired) electrons. The molecule has 0 saturated carbocycles. The average molecular weight is 159 g/mol. The second kappa shape index (κ2) is 6.16. The third-order valence-electron chi connectivity index (χ3n) is 1.28. The van der Waals surface area contributed by atoms with Crippen LogP contribution in [0.3, 0.4) is 0 Å². The third-order valence-corrected chi connectivity index (χ3v) is 1.28. The van der Waals surface area contributed by atoms with Crippen molar-refractivity contribution in [1.29, 1.82) is 0 Å². The molecular formula is C8H17NO2. The Hall–Kier alpha value is -0.570. The van der Waals surface area contributed by atoms with E-state index < -0.39 is 0 Å². The topological polar surface area (TPSA) is 45.1 Å². The molecule has 0 aromatic carbocycles. The molecule has 0 spiro atoms. The maximum atomic E-state index is 8.05. The first-order chi connectivity index (χ1) is 5.20. The molecule has 66 valence electrons. The lowest BCUT2D eigenvalue weighted by atomic mass is 10.2. The van der Waals surface area contributed by atoms with Crippen molar-refractivity contribution in [2.75, 3.05) is 6.61 Å². The lowest BCUT2D eigenvalue weighted by Gasteiger charge is -1.87. The van der Waals surface area contributed by atoms with E-state index in [4.69, 9.17) is 9.94 Å². The van der Waals surface area contributed by atoms with Crippen LogP contribution in [0, 0.1) is 0 Å². The highest BCUT2D eigenvalue weighted by molar-refractivity contribution is 5.81. The molecule has 3 nitrogen and oxygen atoms in total. The van der Waals surface area contributed by atoms with Gasteiger partial charge >= 0.3 is 0 Å². The molecule has 11 heavy (non-hydrogen) atoms. The SMILES string of the molecule is CC1CO1.CCCC(C)=NO. The standard InChI is InChI=1S/C5H11NO.C3H6O/c1-3-4-5(2)6-7;1-3-2-4-3/h7H,3-4H2,1-2H3;3H,2H2,1H3. The number of hydrogen-bond donors (Lipinski definition) is 1. The van der Waals surface area contributed by atoms with Crippen molar-refractivity contribution in [2.45, 2.75) is 39.7 Å². The Morgan fingerprint density at radius 3 is 2.27 bits per heavy atom. The fourth-order valence-corrected chi connectivity index (χ4v) is 0.508. The van der Waals surface area contributed by atoms with Gasteiger partial charge in [-0.25, -0.2) is 0 Å². The van der Waals surface area contributed by atoms with Crippen LogP contribution in [0.5, 0.6) is 0 Å². The number of hydrogen-bond acceptors (Lipinski definition) is 3. The summed E-state index contributed by atoms with van der Waals surface area (Å²) in [6, 6.07) is 0. The summed E-state index contributed by atoms with van der Waals surface area (Å²) in [6.45, 7) is 6.90. The molecule has 1 atom stereocenters. The molecular weight excluding hydrogens is 142 g/mol. The zero-order valence-electron chi connectivity index (χ0n) is 7.50. The van der Waals surface area contributed by atoms with Crippen LogP contribution >= 0.6 is 0 Å². The summed E-state index contributed by atoms with van der Waals surface area (Å²) in [7, 11) is 0. The lowest BCUT2D eigenvalue weighted by Crippen LogP contribution is -1.87. The van der Waals surface area contributed by atoms with Gasteiger partial charge < -0.3 is 9.94 Å². The van der Waals surface area contributed by atoms with E-state index in [0.29, 0.717) is 6.10 Å². The molecule has 0 bridgehead atoms. The molecule has 0 amide bonds. The second-order valence-corrected chi connectivity index (χ2v) is 2.73. The maximum absolute atomic E-state index is 8.05. The first kappa shape index (κ1) is 10.4. The second-order valence-electron chi connectivity index (χ2n) is 2.73. The van der Waals surface area contributed by atoms with Gasteiger partial charge in [-0.1, -0.05) is 18.5 Å². The van der Waals surface area contributed by atoms with Crippen LogP contribution in [-0.2, 0) is 4.74 Å². The van der Waals surface area contributed by atoms with Crippen molar-refractivity contribution >= 4 is 5.71 Å². The van der Waals surface area contributed by atoms with Gasteiger partial charge in [0.05, 0.1) is 18.4 Å². The Kier molecular flexibility index (Phi) is 5.84. The number of rotatable bonds is 2. The molecule has 0 aliphatic carbocycles. The Morgan fingerprint density at radius 1 is 1.73 bits per heavy atom. The largest absolute Gasteiger partial charge is 0.411 e. The quantitative estimate of drug-likeness (QED) is 0.290. The van der Waals surface area contributed by atoms with Crippen LogP contribution in [0.2, 0.25) is 0 Å². The molecule has 1 saturated heterocycles. The summed E-state index contributed by atoms with van der Waals surface area (Å²) < 4.78 is 4.71. The summed E-state index contributed by atoms with van der Waals surface area (Å²) in [4.78, 5) is 0. The van der Waals surface area contributed by atoms with E-state index in [1.165, 1.54) is 0 Å². The minimum Gasteiger partial charge on any atom is -0.411 e. The van der Waals surface area contributed by atoms with Crippen molar-refractivity contribution in [3.8, 4) is 0 Å². The normalized spacial score (nSPS) is 22.1. The highest BCUT2D eigenvalue weighted by Crippen LogP contribution is 2.04. The van der Waals surface area contributed by atoms with Gasteiger partial charge in [0.25, 0.3) is 0 Å². The minimum atomic E-state index is 0.583. The van der Waals surface area contributed by atoms with E-state index in [-0.39, 0.29) is 0 Å². The van der Waals surface area contributed by atoms with E-state index in [9.17, 15) is 0 Å². The monoisotopic (exact) mass is 159 g/mol. The average Bonchev–Trinajstić information content (AvgIpc) is 2.74. The summed E-state index contributed by atoms with van der Waals surface area (Å²) in [6.07, 6.45) is 2.53. The Morgan fingerprint density at radius 2 is 2.18 bits per heavy atom. The van der Waals surface area contributed by atoms with Gasteiger partial charge in [0.2, 0.25) is 0 Å². The van der Waals surface area contributed by atoms with Gasteiger partial charge in [-0.2, -0.15) is 0 Å². The maximum Gasteiger partial charge on any atom is 0.0781 e. The zero-order chi connectivity index (χ0) is 8.69. The van der Waals surface area contributed by atoms with Crippen LogP contribution in [-0.4, -0.2) is 23.6 Å². The molecule has 1 heterocycles. The van der Waals surface area contributed by atoms with Crippen LogP contribution < -0.4 is 0 Å².